The van der Waals surface area contributed by atoms with Crippen LogP contribution in [0.15, 0.2) is 0 Å². The number of nitrogens with zero attached hydrogens (tertiary/aromatic N) is 2. The summed E-state index contributed by atoms with van der Waals surface area (Å²) in [5.74, 6) is 0.281. The fraction of sp³-hybridized carbons (Fsp3) is 0.917. The van der Waals surface area contributed by atoms with Gasteiger partial charge in [-0.3, -0.25) is 9.69 Å². The lowest BCUT2D eigenvalue weighted by molar-refractivity contribution is -0.133. The molecule has 0 bridgehead atoms. The molecular formula is C12H25N3O. The Morgan fingerprint density at radius 3 is 2.50 bits per heavy atom. The lowest BCUT2D eigenvalue weighted by Gasteiger charge is -2.31. The summed E-state index contributed by atoms with van der Waals surface area (Å²) in [5, 5.41) is 3.26. The van der Waals surface area contributed by atoms with Crippen LogP contribution in [0.25, 0.3) is 0 Å². The molecule has 0 unspecified atom stereocenters. The third kappa shape index (κ3) is 4.10. The van der Waals surface area contributed by atoms with E-state index in [4.69, 9.17) is 0 Å². The Morgan fingerprint density at radius 2 is 2.00 bits per heavy atom. The lowest BCUT2D eigenvalue weighted by Crippen LogP contribution is -2.50. The van der Waals surface area contributed by atoms with Gasteiger partial charge in [0.1, 0.15) is 0 Å². The molecule has 0 spiro atoms. The molecule has 16 heavy (non-hydrogen) atoms. The molecule has 0 atom stereocenters. The molecular weight excluding hydrogens is 202 g/mol. The molecule has 1 aliphatic rings. The van der Waals surface area contributed by atoms with Crippen molar-refractivity contribution in [3.63, 3.8) is 0 Å². The molecule has 0 aromatic carbocycles. The first-order valence-corrected chi connectivity index (χ1v) is 6.37. The fourth-order valence-electron chi connectivity index (χ4n) is 2.00. The van der Waals surface area contributed by atoms with Crippen molar-refractivity contribution in [1.82, 2.24) is 15.1 Å². The third-order valence-electron chi connectivity index (χ3n) is 3.05. The van der Waals surface area contributed by atoms with Crippen molar-refractivity contribution in [3.8, 4) is 0 Å². The summed E-state index contributed by atoms with van der Waals surface area (Å²) >= 11 is 0. The van der Waals surface area contributed by atoms with Gasteiger partial charge in [-0.05, 0) is 26.8 Å². The zero-order valence-electron chi connectivity index (χ0n) is 10.8. The molecule has 1 N–H and O–H groups in total. The Morgan fingerprint density at radius 1 is 1.38 bits per heavy atom. The zero-order chi connectivity index (χ0) is 12.0. The minimum Gasteiger partial charge on any atom is -0.339 e. The molecule has 0 aromatic rings. The number of amides is 1. The maximum absolute atomic E-state index is 12.0. The topological polar surface area (TPSA) is 35.6 Å². The monoisotopic (exact) mass is 227 g/mol. The van der Waals surface area contributed by atoms with Gasteiger partial charge in [0.15, 0.2) is 0 Å². The normalized spacial score (nSPS) is 17.2. The Balaban J connectivity index is 2.40. The summed E-state index contributed by atoms with van der Waals surface area (Å²) in [7, 11) is 0. The number of hydrogen-bond donors (Lipinski definition) is 1. The first-order chi connectivity index (χ1) is 7.65. The van der Waals surface area contributed by atoms with Crippen LogP contribution in [0.3, 0.4) is 0 Å². The second kappa shape index (κ2) is 6.86. The summed E-state index contributed by atoms with van der Waals surface area (Å²) < 4.78 is 0. The van der Waals surface area contributed by atoms with Gasteiger partial charge in [-0.25, -0.2) is 0 Å². The van der Waals surface area contributed by atoms with E-state index in [1.54, 1.807) is 0 Å². The number of rotatable bonds is 5. The molecule has 1 fully saturated rings. The van der Waals surface area contributed by atoms with E-state index in [1.807, 2.05) is 4.90 Å². The molecule has 94 valence electrons. The second-order valence-electron chi connectivity index (χ2n) is 4.70. The van der Waals surface area contributed by atoms with E-state index in [-0.39, 0.29) is 5.91 Å². The molecule has 1 saturated heterocycles. The van der Waals surface area contributed by atoms with E-state index < -0.39 is 0 Å². The SMILES string of the molecule is CCCN(CC(=O)N1CCNCC1)C(C)C. The number of hydrogen-bond acceptors (Lipinski definition) is 3. The van der Waals surface area contributed by atoms with Crippen LogP contribution in [0.2, 0.25) is 0 Å². The van der Waals surface area contributed by atoms with E-state index in [0.29, 0.717) is 12.6 Å². The summed E-state index contributed by atoms with van der Waals surface area (Å²) in [5.41, 5.74) is 0. The quantitative estimate of drug-likeness (QED) is 0.744. The average Bonchev–Trinajstić information content (AvgIpc) is 2.29. The standard InChI is InChI=1S/C12H25N3O/c1-4-7-15(11(2)3)10-12(16)14-8-5-13-6-9-14/h11,13H,4-10H2,1-3H3. The van der Waals surface area contributed by atoms with E-state index in [0.717, 1.165) is 39.1 Å². The van der Waals surface area contributed by atoms with Crippen LogP contribution < -0.4 is 5.32 Å². The predicted molar refractivity (Wildman–Crippen MR) is 66.4 cm³/mol. The van der Waals surface area contributed by atoms with Crippen LogP contribution in [-0.4, -0.2) is 61.0 Å². The first-order valence-electron chi connectivity index (χ1n) is 6.37. The highest BCUT2D eigenvalue weighted by atomic mass is 16.2. The summed E-state index contributed by atoms with van der Waals surface area (Å²) in [6.07, 6.45) is 1.10. The van der Waals surface area contributed by atoms with E-state index in [9.17, 15) is 4.79 Å². The highest BCUT2D eigenvalue weighted by Gasteiger charge is 2.19. The van der Waals surface area contributed by atoms with Gasteiger partial charge in [-0.1, -0.05) is 6.92 Å². The van der Waals surface area contributed by atoms with Gasteiger partial charge >= 0.3 is 0 Å². The molecule has 0 aliphatic carbocycles. The Bertz CT molecular complexity index is 212. The zero-order valence-corrected chi connectivity index (χ0v) is 10.8. The highest BCUT2D eigenvalue weighted by Crippen LogP contribution is 2.02. The van der Waals surface area contributed by atoms with Crippen molar-refractivity contribution in [2.75, 3.05) is 39.3 Å². The van der Waals surface area contributed by atoms with Crippen LogP contribution in [-0.2, 0) is 4.79 Å². The maximum atomic E-state index is 12.0. The minimum absolute atomic E-state index is 0.281. The average molecular weight is 227 g/mol. The lowest BCUT2D eigenvalue weighted by atomic mass is 10.2. The van der Waals surface area contributed by atoms with Gasteiger partial charge in [-0.15, -0.1) is 0 Å². The summed E-state index contributed by atoms with van der Waals surface area (Å²) in [6.45, 7) is 11.6. The number of carbonyl (C=O) groups excluding carboxylic acids is 1. The molecule has 1 rings (SSSR count). The van der Waals surface area contributed by atoms with Gasteiger partial charge in [-0.2, -0.15) is 0 Å². The van der Waals surface area contributed by atoms with Crippen molar-refractivity contribution in [2.45, 2.75) is 33.2 Å². The van der Waals surface area contributed by atoms with E-state index in [1.165, 1.54) is 0 Å². The number of nitrogens with one attached hydrogen (secondary N) is 1. The smallest absolute Gasteiger partial charge is 0.236 e. The van der Waals surface area contributed by atoms with Crippen molar-refractivity contribution < 1.29 is 4.79 Å². The van der Waals surface area contributed by atoms with Crippen LogP contribution >= 0.6 is 0 Å². The van der Waals surface area contributed by atoms with Crippen LogP contribution in [0, 0.1) is 0 Å². The summed E-state index contributed by atoms with van der Waals surface area (Å²) in [6, 6.07) is 0.451. The second-order valence-corrected chi connectivity index (χ2v) is 4.70. The van der Waals surface area contributed by atoms with Gasteiger partial charge < -0.3 is 10.2 Å². The molecule has 1 heterocycles. The van der Waals surface area contributed by atoms with Crippen molar-refractivity contribution in [2.24, 2.45) is 0 Å². The Labute approximate surface area is 99.0 Å². The number of piperazine rings is 1. The molecule has 4 nitrogen and oxygen atoms in total. The van der Waals surface area contributed by atoms with Crippen LogP contribution in [0.1, 0.15) is 27.2 Å². The first kappa shape index (κ1) is 13.5. The van der Waals surface area contributed by atoms with Crippen molar-refractivity contribution in [1.29, 1.82) is 0 Å². The van der Waals surface area contributed by atoms with Gasteiger partial charge in [0.2, 0.25) is 5.91 Å². The van der Waals surface area contributed by atoms with Gasteiger partial charge in [0.25, 0.3) is 0 Å². The third-order valence-corrected chi connectivity index (χ3v) is 3.05. The van der Waals surface area contributed by atoms with E-state index in [2.05, 4.69) is 31.0 Å². The molecule has 1 amide bonds. The Hall–Kier alpha value is -0.610. The number of carbonyl (C=O) groups is 1. The van der Waals surface area contributed by atoms with E-state index >= 15 is 0 Å². The predicted octanol–water partition coefficient (Wildman–Crippen LogP) is 0.539. The molecule has 1 aliphatic heterocycles. The molecule has 0 radical (unpaired) electrons. The van der Waals surface area contributed by atoms with Crippen LogP contribution in [0.5, 0.6) is 0 Å². The van der Waals surface area contributed by atoms with Crippen molar-refractivity contribution in [3.05, 3.63) is 0 Å². The maximum Gasteiger partial charge on any atom is 0.236 e. The largest absolute Gasteiger partial charge is 0.339 e. The molecule has 4 heteroatoms. The van der Waals surface area contributed by atoms with Crippen LogP contribution in [0.4, 0.5) is 0 Å². The fourth-order valence-corrected chi connectivity index (χ4v) is 2.00. The van der Waals surface area contributed by atoms with Gasteiger partial charge in [0, 0.05) is 32.2 Å². The minimum atomic E-state index is 0.281. The molecule has 0 aromatic heterocycles. The molecule has 0 saturated carbocycles. The Kier molecular flexibility index (Phi) is 5.77. The summed E-state index contributed by atoms with van der Waals surface area (Å²) in [4.78, 5) is 16.3. The van der Waals surface area contributed by atoms with Gasteiger partial charge in [0.05, 0.1) is 6.54 Å². The highest BCUT2D eigenvalue weighted by molar-refractivity contribution is 5.78. The van der Waals surface area contributed by atoms with Crippen molar-refractivity contribution >= 4 is 5.91 Å².